The van der Waals surface area contributed by atoms with Crippen LogP contribution in [0.25, 0.3) is 0 Å². The van der Waals surface area contributed by atoms with Gasteiger partial charge in [-0.1, -0.05) is 15.9 Å². The Hall–Kier alpha value is -1.37. The van der Waals surface area contributed by atoms with E-state index in [4.69, 9.17) is 4.74 Å². The molecule has 1 atom stereocenters. The predicted octanol–water partition coefficient (Wildman–Crippen LogP) is 3.77. The third kappa shape index (κ3) is 4.66. The van der Waals surface area contributed by atoms with Crippen LogP contribution in [0.5, 0.6) is 5.75 Å². The van der Waals surface area contributed by atoms with E-state index in [1.807, 2.05) is 0 Å². The Labute approximate surface area is 116 Å². The van der Waals surface area contributed by atoms with Crippen molar-refractivity contribution in [3.8, 4) is 5.75 Å². The molecule has 19 heavy (non-hydrogen) atoms. The highest BCUT2D eigenvalue weighted by Crippen LogP contribution is 2.38. The quantitative estimate of drug-likeness (QED) is 0.466. The van der Waals surface area contributed by atoms with Crippen LogP contribution in [-0.4, -0.2) is 23.9 Å². The lowest BCUT2D eigenvalue weighted by Gasteiger charge is -2.13. The first-order valence-electron chi connectivity index (χ1n) is 5.36. The van der Waals surface area contributed by atoms with Gasteiger partial charge in [0.25, 0.3) is 0 Å². The van der Waals surface area contributed by atoms with Gasteiger partial charge in [0, 0.05) is 12.3 Å². The molecule has 1 unspecified atom stereocenters. The molecule has 1 rings (SSSR count). The van der Waals surface area contributed by atoms with Crippen molar-refractivity contribution in [1.82, 2.24) is 0 Å². The molecular formula is C12H11BrF3NO2. The zero-order valence-electron chi connectivity index (χ0n) is 9.95. The number of halogens is 4. The smallest absolute Gasteiger partial charge is 0.419 e. The molecule has 0 saturated carbocycles. The second-order valence-electron chi connectivity index (χ2n) is 3.47. The third-order valence-corrected chi connectivity index (χ3v) is 2.52. The molecule has 3 nitrogen and oxygen atoms in total. The highest BCUT2D eigenvalue weighted by atomic mass is 79.9. The predicted molar refractivity (Wildman–Crippen MR) is 69.5 cm³/mol. The van der Waals surface area contributed by atoms with Gasteiger partial charge < -0.3 is 9.53 Å². The van der Waals surface area contributed by atoms with E-state index in [9.17, 15) is 18.0 Å². The maximum atomic E-state index is 12.7. The number of benzene rings is 1. The Morgan fingerprint density at radius 1 is 1.47 bits per heavy atom. The van der Waals surface area contributed by atoms with Crippen LogP contribution in [-0.2, 0) is 11.0 Å². The fourth-order valence-corrected chi connectivity index (χ4v) is 1.41. The number of aldehydes is 1. The van der Waals surface area contributed by atoms with Crippen LogP contribution in [0.15, 0.2) is 23.2 Å². The first kappa shape index (κ1) is 15.7. The molecule has 0 fully saturated rings. The van der Waals surface area contributed by atoms with Gasteiger partial charge >= 0.3 is 6.18 Å². The topological polar surface area (TPSA) is 38.7 Å². The summed E-state index contributed by atoms with van der Waals surface area (Å²) in [6.07, 6.45) is -2.59. The molecule has 0 heterocycles. The van der Waals surface area contributed by atoms with Crippen LogP contribution in [0.2, 0.25) is 0 Å². The number of hydrogen-bond acceptors (Lipinski definition) is 3. The molecular weight excluding hydrogens is 327 g/mol. The van der Waals surface area contributed by atoms with Crippen LogP contribution in [0.3, 0.4) is 0 Å². The number of hydrogen-bond donors (Lipinski definition) is 0. The summed E-state index contributed by atoms with van der Waals surface area (Å²) in [5.74, 6) is -0.276. The van der Waals surface area contributed by atoms with Gasteiger partial charge in [0.15, 0.2) is 0 Å². The van der Waals surface area contributed by atoms with Crippen LogP contribution in [0, 0.1) is 0 Å². The molecule has 1 aromatic rings. The SMILES string of the molecule is CCOc1cc(N=CC(Br)C=O)ccc1C(F)(F)F. The van der Waals surface area contributed by atoms with Gasteiger partial charge in [-0.05, 0) is 19.1 Å². The van der Waals surface area contributed by atoms with Crippen LogP contribution < -0.4 is 4.74 Å². The van der Waals surface area contributed by atoms with E-state index in [0.29, 0.717) is 6.29 Å². The van der Waals surface area contributed by atoms with Crippen molar-refractivity contribution in [2.24, 2.45) is 4.99 Å². The summed E-state index contributed by atoms with van der Waals surface area (Å²) in [4.78, 5) is 13.7. The van der Waals surface area contributed by atoms with E-state index in [2.05, 4.69) is 20.9 Å². The standard InChI is InChI=1S/C12H11BrF3NO2/c1-2-19-11-5-9(17-6-8(13)7-18)3-4-10(11)12(14,15)16/h3-8H,2H2,1H3. The van der Waals surface area contributed by atoms with Gasteiger partial charge in [-0.15, -0.1) is 0 Å². The number of nitrogens with zero attached hydrogens (tertiary/aromatic N) is 1. The van der Waals surface area contributed by atoms with Crippen molar-refractivity contribution >= 4 is 34.1 Å². The molecule has 0 aliphatic rings. The molecule has 0 saturated heterocycles. The lowest BCUT2D eigenvalue weighted by molar-refractivity contribution is -0.138. The minimum atomic E-state index is -4.48. The molecule has 0 aliphatic carbocycles. The zero-order chi connectivity index (χ0) is 14.5. The van der Waals surface area contributed by atoms with Crippen molar-refractivity contribution in [1.29, 1.82) is 0 Å². The molecule has 1 aromatic carbocycles. The van der Waals surface area contributed by atoms with Crippen molar-refractivity contribution in [2.75, 3.05) is 6.61 Å². The summed E-state index contributed by atoms with van der Waals surface area (Å²) >= 11 is 3.00. The van der Waals surface area contributed by atoms with Crippen molar-refractivity contribution in [2.45, 2.75) is 17.9 Å². The van der Waals surface area contributed by atoms with E-state index in [0.717, 1.165) is 6.07 Å². The van der Waals surface area contributed by atoms with Crippen LogP contribution in [0.1, 0.15) is 12.5 Å². The molecule has 104 valence electrons. The molecule has 0 spiro atoms. The van der Waals surface area contributed by atoms with E-state index in [-0.39, 0.29) is 18.0 Å². The summed E-state index contributed by atoms with van der Waals surface area (Å²) < 4.78 is 43.1. The molecule has 0 aromatic heterocycles. The van der Waals surface area contributed by atoms with Gasteiger partial charge in [0.05, 0.1) is 17.9 Å². The minimum absolute atomic E-state index is 0.117. The molecule has 7 heteroatoms. The number of rotatable bonds is 5. The van der Waals surface area contributed by atoms with E-state index < -0.39 is 16.6 Å². The number of carbonyl (C=O) groups is 1. The maximum absolute atomic E-state index is 12.7. The van der Waals surface area contributed by atoms with Gasteiger partial charge in [-0.3, -0.25) is 4.99 Å². The number of aliphatic imine (C=N–C) groups is 1. The Morgan fingerprint density at radius 3 is 2.68 bits per heavy atom. The Balaban J connectivity index is 3.09. The molecule has 0 N–H and O–H groups in total. The van der Waals surface area contributed by atoms with Gasteiger partial charge in [0.2, 0.25) is 0 Å². The van der Waals surface area contributed by atoms with Crippen molar-refractivity contribution in [3.63, 3.8) is 0 Å². The van der Waals surface area contributed by atoms with Crippen LogP contribution in [0.4, 0.5) is 18.9 Å². The molecule has 0 radical (unpaired) electrons. The summed E-state index contributed by atoms with van der Waals surface area (Å²) in [5, 5.41) is 0. The van der Waals surface area contributed by atoms with E-state index in [1.165, 1.54) is 18.3 Å². The number of carbonyl (C=O) groups excluding carboxylic acids is 1. The fraction of sp³-hybridized carbons (Fsp3) is 0.333. The Kier molecular flexibility index (Phi) is 5.53. The summed E-state index contributed by atoms with van der Waals surface area (Å²) in [5.41, 5.74) is -0.568. The summed E-state index contributed by atoms with van der Waals surface area (Å²) in [6.45, 7) is 1.71. The summed E-state index contributed by atoms with van der Waals surface area (Å²) in [7, 11) is 0. The van der Waals surface area contributed by atoms with E-state index in [1.54, 1.807) is 6.92 Å². The number of alkyl halides is 4. The van der Waals surface area contributed by atoms with Crippen LogP contribution >= 0.6 is 15.9 Å². The van der Waals surface area contributed by atoms with Crippen molar-refractivity contribution < 1.29 is 22.7 Å². The zero-order valence-corrected chi connectivity index (χ0v) is 11.5. The summed E-state index contributed by atoms with van der Waals surface area (Å²) in [6, 6.07) is 3.31. The minimum Gasteiger partial charge on any atom is -0.493 e. The lowest BCUT2D eigenvalue weighted by Crippen LogP contribution is -2.08. The maximum Gasteiger partial charge on any atom is 0.419 e. The molecule has 0 amide bonds. The monoisotopic (exact) mass is 337 g/mol. The third-order valence-electron chi connectivity index (χ3n) is 2.07. The second kappa shape index (κ2) is 6.70. The molecule has 0 bridgehead atoms. The lowest BCUT2D eigenvalue weighted by atomic mass is 10.1. The van der Waals surface area contributed by atoms with Gasteiger partial charge in [0.1, 0.15) is 16.9 Å². The number of ether oxygens (including phenoxy) is 1. The first-order valence-corrected chi connectivity index (χ1v) is 6.27. The Morgan fingerprint density at radius 2 is 2.16 bits per heavy atom. The normalized spacial score (nSPS) is 13.5. The van der Waals surface area contributed by atoms with Gasteiger partial charge in [-0.2, -0.15) is 13.2 Å². The highest BCUT2D eigenvalue weighted by Gasteiger charge is 2.34. The Bertz CT molecular complexity index is 475. The fourth-order valence-electron chi connectivity index (χ4n) is 1.29. The largest absolute Gasteiger partial charge is 0.493 e. The average molecular weight is 338 g/mol. The second-order valence-corrected chi connectivity index (χ2v) is 4.53. The average Bonchev–Trinajstić information content (AvgIpc) is 2.35. The first-order chi connectivity index (χ1) is 8.88. The van der Waals surface area contributed by atoms with E-state index >= 15 is 0 Å². The highest BCUT2D eigenvalue weighted by molar-refractivity contribution is 9.10. The van der Waals surface area contributed by atoms with Crippen molar-refractivity contribution in [3.05, 3.63) is 23.8 Å². The van der Waals surface area contributed by atoms with Gasteiger partial charge in [-0.25, -0.2) is 0 Å². The molecule has 0 aliphatic heterocycles.